The summed E-state index contributed by atoms with van der Waals surface area (Å²) in [7, 11) is 0. The molecule has 2 nitrogen and oxygen atoms in total. The van der Waals surface area contributed by atoms with E-state index in [0.717, 1.165) is 5.56 Å². The van der Waals surface area contributed by atoms with Crippen LogP contribution in [0.25, 0.3) is 0 Å². The lowest BCUT2D eigenvalue weighted by Crippen LogP contribution is -1.91. The van der Waals surface area contributed by atoms with E-state index in [0.29, 0.717) is 5.02 Å². The van der Waals surface area contributed by atoms with Crippen molar-refractivity contribution in [3.63, 3.8) is 0 Å². The van der Waals surface area contributed by atoms with Crippen molar-refractivity contribution in [2.24, 2.45) is 0 Å². The molecule has 0 aliphatic carbocycles. The van der Waals surface area contributed by atoms with Gasteiger partial charge in [-0.05, 0) is 13.0 Å². The minimum absolute atomic E-state index is 0.512. The summed E-state index contributed by atoms with van der Waals surface area (Å²) >= 11 is 5.70. The Bertz CT molecular complexity index is 225. The summed E-state index contributed by atoms with van der Waals surface area (Å²) in [4.78, 5) is 3.78. The molecule has 1 aromatic rings. The summed E-state index contributed by atoms with van der Waals surface area (Å²) in [5, 5.41) is 9.60. The van der Waals surface area contributed by atoms with Crippen LogP contribution in [0.2, 0.25) is 5.02 Å². The van der Waals surface area contributed by atoms with E-state index >= 15 is 0 Å². The number of aliphatic hydroxyl groups is 1. The molecule has 0 aromatic carbocycles. The van der Waals surface area contributed by atoms with Crippen molar-refractivity contribution in [2.75, 3.05) is 0 Å². The molecule has 0 saturated heterocycles. The van der Waals surface area contributed by atoms with Crippen LogP contribution in [0, 0.1) is 0 Å². The van der Waals surface area contributed by atoms with E-state index in [2.05, 4.69) is 4.98 Å². The highest BCUT2D eigenvalue weighted by Crippen LogP contribution is 2.20. The van der Waals surface area contributed by atoms with Crippen LogP contribution in [0.3, 0.4) is 0 Å². The molecule has 0 amide bonds. The quantitative estimate of drug-likeness (QED) is 0.674. The van der Waals surface area contributed by atoms with Crippen molar-refractivity contribution in [3.05, 3.63) is 29.0 Å². The smallest absolute Gasteiger partial charge is 0.0777 e. The lowest BCUT2D eigenvalue weighted by atomic mass is 10.2. The number of halogens is 1. The first-order chi connectivity index (χ1) is 4.72. The molecule has 1 atom stereocenters. The van der Waals surface area contributed by atoms with Crippen LogP contribution in [0.5, 0.6) is 0 Å². The van der Waals surface area contributed by atoms with Crippen molar-refractivity contribution < 1.29 is 5.11 Å². The van der Waals surface area contributed by atoms with E-state index in [9.17, 15) is 0 Å². The highest BCUT2D eigenvalue weighted by atomic mass is 35.5. The summed E-state index contributed by atoms with van der Waals surface area (Å²) in [5.41, 5.74) is 0.719. The number of hydrogen-bond acceptors (Lipinski definition) is 2. The molecule has 0 fully saturated rings. The van der Waals surface area contributed by atoms with Gasteiger partial charge in [-0.25, -0.2) is 0 Å². The Morgan fingerprint density at radius 3 is 2.80 bits per heavy atom. The van der Waals surface area contributed by atoms with Crippen molar-refractivity contribution in [1.29, 1.82) is 0 Å². The molecule has 54 valence electrons. The van der Waals surface area contributed by atoms with Crippen LogP contribution in [-0.2, 0) is 0 Å². The molecule has 0 aliphatic heterocycles. The number of hydrogen-bond donors (Lipinski definition) is 1. The summed E-state index contributed by atoms with van der Waals surface area (Å²) in [6, 6.07) is 1.70. The minimum atomic E-state index is -0.518. The molecule has 0 saturated carbocycles. The van der Waals surface area contributed by atoms with Gasteiger partial charge in [0.15, 0.2) is 0 Å². The second kappa shape index (κ2) is 2.99. The first-order valence-corrected chi connectivity index (χ1v) is 3.37. The minimum Gasteiger partial charge on any atom is -0.389 e. The maximum absolute atomic E-state index is 9.09. The Hall–Kier alpha value is -0.600. The van der Waals surface area contributed by atoms with Gasteiger partial charge in [0.25, 0.3) is 0 Å². The second-order valence-electron chi connectivity index (χ2n) is 2.07. The third-order valence-corrected chi connectivity index (χ3v) is 1.57. The van der Waals surface area contributed by atoms with E-state index < -0.39 is 6.10 Å². The first kappa shape index (κ1) is 7.51. The Morgan fingerprint density at radius 2 is 2.40 bits per heavy atom. The zero-order valence-corrected chi connectivity index (χ0v) is 6.34. The molecule has 0 radical (unpaired) electrons. The van der Waals surface area contributed by atoms with Gasteiger partial charge in [0.2, 0.25) is 0 Å². The molecule has 0 aliphatic rings. The van der Waals surface area contributed by atoms with Gasteiger partial charge in [0.05, 0.1) is 11.1 Å². The number of aliphatic hydroxyl groups excluding tert-OH is 1. The van der Waals surface area contributed by atoms with E-state index in [-0.39, 0.29) is 0 Å². The molecule has 1 N–H and O–H groups in total. The van der Waals surface area contributed by atoms with Crippen LogP contribution in [0.4, 0.5) is 0 Å². The molecular weight excluding hydrogens is 150 g/mol. The third kappa shape index (κ3) is 1.46. The highest BCUT2D eigenvalue weighted by molar-refractivity contribution is 6.31. The normalized spacial score (nSPS) is 13.1. The molecule has 0 spiro atoms. The predicted molar refractivity (Wildman–Crippen MR) is 39.9 cm³/mol. The Kier molecular flexibility index (Phi) is 2.25. The fourth-order valence-electron chi connectivity index (χ4n) is 0.725. The average molecular weight is 158 g/mol. The second-order valence-corrected chi connectivity index (χ2v) is 2.48. The molecule has 10 heavy (non-hydrogen) atoms. The van der Waals surface area contributed by atoms with E-state index in [1.807, 2.05) is 0 Å². The van der Waals surface area contributed by atoms with Crippen molar-refractivity contribution in [3.8, 4) is 0 Å². The van der Waals surface area contributed by atoms with Crippen molar-refractivity contribution in [2.45, 2.75) is 13.0 Å². The number of rotatable bonds is 1. The summed E-state index contributed by atoms with van der Waals surface area (Å²) in [6.07, 6.45) is 2.60. The van der Waals surface area contributed by atoms with Gasteiger partial charge in [-0.3, -0.25) is 4.98 Å². The molecule has 1 rings (SSSR count). The van der Waals surface area contributed by atoms with E-state index in [1.54, 1.807) is 19.2 Å². The predicted octanol–water partition coefficient (Wildman–Crippen LogP) is 1.79. The van der Waals surface area contributed by atoms with Gasteiger partial charge in [0.1, 0.15) is 0 Å². The Labute approximate surface area is 64.5 Å². The van der Waals surface area contributed by atoms with Crippen LogP contribution in [0.15, 0.2) is 18.5 Å². The van der Waals surface area contributed by atoms with Crippen LogP contribution >= 0.6 is 11.6 Å². The number of pyridine rings is 1. The van der Waals surface area contributed by atoms with Gasteiger partial charge >= 0.3 is 0 Å². The fourth-order valence-corrected chi connectivity index (χ4v) is 1.00. The lowest BCUT2D eigenvalue weighted by Gasteiger charge is -2.04. The van der Waals surface area contributed by atoms with Crippen LogP contribution in [0.1, 0.15) is 18.6 Å². The van der Waals surface area contributed by atoms with Gasteiger partial charge in [-0.2, -0.15) is 0 Å². The maximum atomic E-state index is 9.09. The van der Waals surface area contributed by atoms with Gasteiger partial charge in [0, 0.05) is 18.0 Å². The van der Waals surface area contributed by atoms with E-state index in [4.69, 9.17) is 16.7 Å². The summed E-state index contributed by atoms with van der Waals surface area (Å²) in [5.74, 6) is 0. The molecule has 1 aromatic heterocycles. The van der Waals surface area contributed by atoms with Crippen LogP contribution in [-0.4, -0.2) is 10.1 Å². The molecule has 0 bridgehead atoms. The van der Waals surface area contributed by atoms with Gasteiger partial charge in [-0.1, -0.05) is 11.6 Å². The van der Waals surface area contributed by atoms with Gasteiger partial charge in [-0.15, -0.1) is 0 Å². The SMILES string of the molecule is C[C@H](O)c1ccncc1Cl. The standard InChI is InChI=1S/C7H8ClNO/c1-5(10)6-2-3-9-4-7(6)8/h2-5,10H,1H3/t5-/m0/s1. The summed E-state index contributed by atoms with van der Waals surface area (Å²) < 4.78 is 0. The zero-order valence-electron chi connectivity index (χ0n) is 5.58. The number of nitrogens with zero attached hydrogens (tertiary/aromatic N) is 1. The molecule has 0 unspecified atom stereocenters. The van der Waals surface area contributed by atoms with Crippen molar-refractivity contribution >= 4 is 11.6 Å². The Morgan fingerprint density at radius 1 is 1.70 bits per heavy atom. The van der Waals surface area contributed by atoms with Gasteiger partial charge < -0.3 is 5.11 Å². The third-order valence-electron chi connectivity index (χ3n) is 1.25. The largest absolute Gasteiger partial charge is 0.389 e. The molecular formula is C7H8ClNO. The monoisotopic (exact) mass is 157 g/mol. The Balaban J connectivity index is 3.03. The average Bonchev–Trinajstić information content (AvgIpc) is 1.88. The highest BCUT2D eigenvalue weighted by Gasteiger charge is 2.03. The van der Waals surface area contributed by atoms with E-state index in [1.165, 1.54) is 6.20 Å². The topological polar surface area (TPSA) is 33.1 Å². The summed E-state index contributed by atoms with van der Waals surface area (Å²) in [6.45, 7) is 1.67. The maximum Gasteiger partial charge on any atom is 0.0777 e. The fraction of sp³-hybridized carbons (Fsp3) is 0.286. The molecule has 1 heterocycles. The van der Waals surface area contributed by atoms with Crippen molar-refractivity contribution in [1.82, 2.24) is 4.98 Å². The zero-order chi connectivity index (χ0) is 7.56. The molecule has 3 heteroatoms. The lowest BCUT2D eigenvalue weighted by molar-refractivity contribution is 0.199. The number of aromatic nitrogens is 1. The first-order valence-electron chi connectivity index (χ1n) is 2.99. The van der Waals surface area contributed by atoms with Crippen LogP contribution < -0.4 is 0 Å².